The maximum atomic E-state index is 12.4. The van der Waals surface area contributed by atoms with Crippen LogP contribution in [0.25, 0.3) is 0 Å². The van der Waals surface area contributed by atoms with Crippen molar-refractivity contribution in [1.82, 2.24) is 9.80 Å². The molecular weight excluding hydrogens is 244 g/mol. The van der Waals surface area contributed by atoms with Crippen molar-refractivity contribution in [3.63, 3.8) is 0 Å². The van der Waals surface area contributed by atoms with Crippen LogP contribution in [0.5, 0.6) is 0 Å². The van der Waals surface area contributed by atoms with E-state index < -0.39 is 5.41 Å². The molecule has 0 aromatic heterocycles. The van der Waals surface area contributed by atoms with E-state index in [1.54, 1.807) is 18.9 Å². The molecule has 1 aliphatic heterocycles. The zero-order chi connectivity index (χ0) is 14.5. The van der Waals surface area contributed by atoms with Crippen LogP contribution in [0.15, 0.2) is 5.16 Å². The highest BCUT2D eigenvalue weighted by Gasteiger charge is 2.38. The van der Waals surface area contributed by atoms with Gasteiger partial charge in [0.05, 0.1) is 0 Å². The van der Waals surface area contributed by atoms with E-state index in [0.717, 1.165) is 19.6 Å². The van der Waals surface area contributed by atoms with Gasteiger partial charge in [0, 0.05) is 20.1 Å². The molecule has 0 aliphatic carbocycles. The van der Waals surface area contributed by atoms with Gasteiger partial charge in [0.15, 0.2) is 5.84 Å². The van der Waals surface area contributed by atoms with Crippen LogP contribution in [0.4, 0.5) is 0 Å². The third-order valence-corrected chi connectivity index (χ3v) is 4.15. The molecule has 0 spiro atoms. The minimum atomic E-state index is -0.922. The topological polar surface area (TPSA) is 82.2 Å². The summed E-state index contributed by atoms with van der Waals surface area (Å²) >= 11 is 0. The summed E-state index contributed by atoms with van der Waals surface area (Å²) in [7, 11) is 1.77. The Morgan fingerprint density at radius 2 is 2.05 bits per heavy atom. The van der Waals surface area contributed by atoms with Crippen molar-refractivity contribution in [1.29, 1.82) is 0 Å². The second kappa shape index (κ2) is 6.75. The normalized spacial score (nSPS) is 20.3. The van der Waals surface area contributed by atoms with E-state index in [0.29, 0.717) is 13.0 Å². The SMILES string of the molecule is CCC(C)(C(=O)N(C)CCN1CCCC1)C(N)=NO. The van der Waals surface area contributed by atoms with Crippen LogP contribution in [0.3, 0.4) is 0 Å². The highest BCUT2D eigenvalue weighted by atomic mass is 16.4. The smallest absolute Gasteiger partial charge is 0.236 e. The molecule has 1 saturated heterocycles. The Morgan fingerprint density at radius 1 is 1.47 bits per heavy atom. The lowest BCUT2D eigenvalue weighted by Crippen LogP contribution is -2.49. The molecule has 1 atom stereocenters. The fourth-order valence-corrected chi connectivity index (χ4v) is 2.37. The first-order valence-corrected chi connectivity index (χ1v) is 6.91. The third-order valence-electron chi connectivity index (χ3n) is 4.15. The average Bonchev–Trinajstić information content (AvgIpc) is 2.95. The van der Waals surface area contributed by atoms with Crippen LogP contribution in [-0.4, -0.2) is 60.0 Å². The molecule has 0 bridgehead atoms. The van der Waals surface area contributed by atoms with Gasteiger partial charge in [0.1, 0.15) is 5.41 Å². The molecule has 6 nitrogen and oxygen atoms in total. The summed E-state index contributed by atoms with van der Waals surface area (Å²) in [5.41, 5.74) is 4.74. The van der Waals surface area contributed by atoms with Crippen molar-refractivity contribution in [2.45, 2.75) is 33.1 Å². The van der Waals surface area contributed by atoms with Gasteiger partial charge in [-0.15, -0.1) is 0 Å². The Kier molecular flexibility index (Phi) is 5.60. The van der Waals surface area contributed by atoms with Crippen molar-refractivity contribution < 1.29 is 10.0 Å². The molecule has 110 valence electrons. The van der Waals surface area contributed by atoms with E-state index >= 15 is 0 Å². The molecule has 1 rings (SSSR count). The van der Waals surface area contributed by atoms with Crippen LogP contribution in [0, 0.1) is 5.41 Å². The maximum Gasteiger partial charge on any atom is 0.236 e. The molecular formula is C13H26N4O2. The first kappa shape index (κ1) is 15.8. The molecule has 0 aromatic carbocycles. The monoisotopic (exact) mass is 270 g/mol. The molecule has 1 amide bonds. The number of rotatable bonds is 6. The Labute approximate surface area is 115 Å². The van der Waals surface area contributed by atoms with Gasteiger partial charge in [0.25, 0.3) is 0 Å². The lowest BCUT2D eigenvalue weighted by molar-refractivity contribution is -0.136. The largest absolute Gasteiger partial charge is 0.409 e. The van der Waals surface area contributed by atoms with Crippen molar-refractivity contribution in [2.75, 3.05) is 33.2 Å². The van der Waals surface area contributed by atoms with Crippen LogP contribution in [0.1, 0.15) is 33.1 Å². The fraction of sp³-hybridized carbons (Fsp3) is 0.846. The quantitative estimate of drug-likeness (QED) is 0.322. The minimum absolute atomic E-state index is 0.0203. The number of carbonyl (C=O) groups is 1. The van der Waals surface area contributed by atoms with Crippen LogP contribution < -0.4 is 5.73 Å². The number of hydrogen-bond acceptors (Lipinski definition) is 4. The second-order valence-corrected chi connectivity index (χ2v) is 5.45. The summed E-state index contributed by atoms with van der Waals surface area (Å²) in [5.74, 6) is -0.113. The van der Waals surface area contributed by atoms with Crippen molar-refractivity contribution in [2.24, 2.45) is 16.3 Å². The van der Waals surface area contributed by atoms with Gasteiger partial charge in [-0.3, -0.25) is 4.79 Å². The Morgan fingerprint density at radius 3 is 2.53 bits per heavy atom. The van der Waals surface area contributed by atoms with Crippen LogP contribution >= 0.6 is 0 Å². The van der Waals surface area contributed by atoms with E-state index in [4.69, 9.17) is 10.9 Å². The van der Waals surface area contributed by atoms with Crippen molar-refractivity contribution >= 4 is 11.7 Å². The molecule has 1 aliphatic rings. The molecule has 3 N–H and O–H groups in total. The fourth-order valence-electron chi connectivity index (χ4n) is 2.37. The number of likely N-dealkylation sites (tertiary alicyclic amines) is 1. The lowest BCUT2D eigenvalue weighted by Gasteiger charge is -2.31. The third kappa shape index (κ3) is 3.59. The molecule has 1 heterocycles. The second-order valence-electron chi connectivity index (χ2n) is 5.45. The van der Waals surface area contributed by atoms with E-state index in [2.05, 4.69) is 10.1 Å². The molecule has 6 heteroatoms. The van der Waals surface area contributed by atoms with Gasteiger partial charge in [-0.1, -0.05) is 12.1 Å². The number of amides is 1. The summed E-state index contributed by atoms with van der Waals surface area (Å²) in [6.07, 6.45) is 3.00. The predicted molar refractivity (Wildman–Crippen MR) is 75.1 cm³/mol. The number of hydrogen-bond donors (Lipinski definition) is 2. The van der Waals surface area contributed by atoms with E-state index in [9.17, 15) is 4.79 Å². The summed E-state index contributed by atoms with van der Waals surface area (Å²) in [5, 5.41) is 11.8. The number of nitrogens with two attached hydrogens (primary N) is 1. The number of amidine groups is 1. The molecule has 19 heavy (non-hydrogen) atoms. The highest BCUT2D eigenvalue weighted by molar-refractivity contribution is 6.06. The Balaban J connectivity index is 2.58. The Bertz CT molecular complexity index is 340. The predicted octanol–water partition coefficient (Wildman–Crippen LogP) is 0.703. The first-order valence-electron chi connectivity index (χ1n) is 6.91. The number of likely N-dealkylation sites (N-methyl/N-ethyl adjacent to an activating group) is 1. The maximum absolute atomic E-state index is 12.4. The number of oxime groups is 1. The highest BCUT2D eigenvalue weighted by Crippen LogP contribution is 2.24. The number of nitrogens with zero attached hydrogens (tertiary/aromatic N) is 3. The minimum Gasteiger partial charge on any atom is -0.409 e. The van der Waals surface area contributed by atoms with Crippen molar-refractivity contribution in [3.8, 4) is 0 Å². The first-order chi connectivity index (χ1) is 8.95. The molecule has 0 aromatic rings. The summed E-state index contributed by atoms with van der Waals surface area (Å²) in [6.45, 7) is 7.38. The lowest BCUT2D eigenvalue weighted by atomic mass is 9.84. The molecule has 0 saturated carbocycles. The molecule has 1 fully saturated rings. The van der Waals surface area contributed by atoms with Gasteiger partial charge in [0.2, 0.25) is 5.91 Å². The van der Waals surface area contributed by atoms with Gasteiger partial charge in [-0.05, 0) is 39.3 Å². The van der Waals surface area contributed by atoms with E-state index in [1.165, 1.54) is 12.8 Å². The van der Waals surface area contributed by atoms with Crippen LogP contribution in [0.2, 0.25) is 0 Å². The van der Waals surface area contributed by atoms with Gasteiger partial charge < -0.3 is 20.7 Å². The van der Waals surface area contributed by atoms with E-state index in [1.807, 2.05) is 6.92 Å². The summed E-state index contributed by atoms with van der Waals surface area (Å²) in [6, 6.07) is 0. The van der Waals surface area contributed by atoms with E-state index in [-0.39, 0.29) is 11.7 Å². The zero-order valence-electron chi connectivity index (χ0n) is 12.2. The summed E-state index contributed by atoms with van der Waals surface area (Å²) < 4.78 is 0. The van der Waals surface area contributed by atoms with Crippen molar-refractivity contribution in [3.05, 3.63) is 0 Å². The standard InChI is InChI=1S/C13H26N4O2/c1-4-13(2,11(14)15-19)12(18)16(3)9-10-17-7-5-6-8-17/h19H,4-10H2,1-3H3,(H2,14,15). The molecule has 1 unspecified atom stereocenters. The van der Waals surface area contributed by atoms with Crippen LogP contribution in [-0.2, 0) is 4.79 Å². The van der Waals surface area contributed by atoms with Gasteiger partial charge >= 0.3 is 0 Å². The summed E-state index contributed by atoms with van der Waals surface area (Å²) in [4.78, 5) is 16.5. The average molecular weight is 270 g/mol. The number of carbonyl (C=O) groups excluding carboxylic acids is 1. The molecule has 0 radical (unpaired) electrons. The van der Waals surface area contributed by atoms with Gasteiger partial charge in [-0.25, -0.2) is 0 Å². The zero-order valence-corrected chi connectivity index (χ0v) is 12.2. The van der Waals surface area contributed by atoms with Gasteiger partial charge in [-0.2, -0.15) is 0 Å². The Hall–Kier alpha value is -1.30.